The summed E-state index contributed by atoms with van der Waals surface area (Å²) in [5, 5.41) is 0.869. The van der Waals surface area contributed by atoms with Crippen LogP contribution >= 0.6 is 11.8 Å². The molecule has 134 valence electrons. The lowest BCUT2D eigenvalue weighted by molar-refractivity contribution is 0.0708. The molecule has 0 saturated carbocycles. The van der Waals surface area contributed by atoms with E-state index in [1.807, 2.05) is 53.4 Å². The van der Waals surface area contributed by atoms with Gasteiger partial charge in [0.05, 0.1) is 11.0 Å². The number of rotatable bonds is 4. The molecule has 1 saturated heterocycles. The molecule has 1 unspecified atom stereocenters. The monoisotopic (exact) mass is 366 g/mol. The van der Waals surface area contributed by atoms with Gasteiger partial charge in [0.15, 0.2) is 5.16 Å². The smallest absolute Gasteiger partial charge is 0.254 e. The first-order chi connectivity index (χ1) is 12.7. The highest BCUT2D eigenvalue weighted by molar-refractivity contribution is 7.98. The normalized spacial score (nSPS) is 17.6. The zero-order valence-corrected chi connectivity index (χ0v) is 15.3. The standard InChI is InChI=1S/C20H22N4OS/c21-15-7-5-11-24(12-15)19(25)16-8-2-1-6-14(16)13-26-20-22-17-9-3-4-10-18(17)23-20/h1-4,6,8-10,15H,5,7,11-13,21H2,(H,22,23). The Hall–Kier alpha value is -2.31. The van der Waals surface area contributed by atoms with Gasteiger partial charge in [0, 0.05) is 30.4 Å². The van der Waals surface area contributed by atoms with E-state index in [-0.39, 0.29) is 11.9 Å². The van der Waals surface area contributed by atoms with Crippen LogP contribution in [0.1, 0.15) is 28.8 Å². The third kappa shape index (κ3) is 3.61. The van der Waals surface area contributed by atoms with Gasteiger partial charge in [-0.1, -0.05) is 42.1 Å². The van der Waals surface area contributed by atoms with Crippen molar-refractivity contribution in [3.05, 3.63) is 59.7 Å². The summed E-state index contributed by atoms with van der Waals surface area (Å²) in [6.07, 6.45) is 1.97. The number of benzene rings is 2. The van der Waals surface area contributed by atoms with Crippen LogP contribution in [0.15, 0.2) is 53.7 Å². The van der Waals surface area contributed by atoms with Crippen LogP contribution in [0.3, 0.4) is 0 Å². The number of para-hydroxylation sites is 2. The quantitative estimate of drug-likeness (QED) is 0.694. The number of fused-ring (bicyclic) bond motifs is 1. The molecule has 3 aromatic rings. The number of piperidine rings is 1. The Morgan fingerprint density at radius 3 is 2.88 bits per heavy atom. The van der Waals surface area contributed by atoms with Crippen molar-refractivity contribution in [3.8, 4) is 0 Å². The molecule has 26 heavy (non-hydrogen) atoms. The number of hydrogen-bond donors (Lipinski definition) is 2. The number of aromatic nitrogens is 2. The maximum Gasteiger partial charge on any atom is 0.254 e. The third-order valence-corrected chi connectivity index (χ3v) is 5.65. The van der Waals surface area contributed by atoms with E-state index in [9.17, 15) is 4.79 Å². The van der Waals surface area contributed by atoms with Gasteiger partial charge in [0.25, 0.3) is 5.91 Å². The molecule has 2 aromatic carbocycles. The van der Waals surface area contributed by atoms with E-state index >= 15 is 0 Å². The van der Waals surface area contributed by atoms with Gasteiger partial charge in [-0.2, -0.15) is 0 Å². The second-order valence-electron chi connectivity index (χ2n) is 6.66. The highest BCUT2D eigenvalue weighted by Gasteiger charge is 2.23. The van der Waals surface area contributed by atoms with Crippen molar-refractivity contribution in [1.82, 2.24) is 14.9 Å². The molecule has 0 radical (unpaired) electrons. The molecule has 2 heterocycles. The molecule has 6 heteroatoms. The Morgan fingerprint density at radius 2 is 2.04 bits per heavy atom. The van der Waals surface area contributed by atoms with E-state index in [0.29, 0.717) is 12.3 Å². The Balaban J connectivity index is 1.51. The summed E-state index contributed by atoms with van der Waals surface area (Å²) in [5.41, 5.74) is 9.83. The number of hydrogen-bond acceptors (Lipinski definition) is 4. The molecule has 1 atom stereocenters. The van der Waals surface area contributed by atoms with E-state index in [0.717, 1.165) is 46.7 Å². The van der Waals surface area contributed by atoms with Gasteiger partial charge in [-0.3, -0.25) is 4.79 Å². The molecular formula is C20H22N4OS. The number of amides is 1. The van der Waals surface area contributed by atoms with Crippen LogP contribution in [0, 0.1) is 0 Å². The largest absolute Gasteiger partial charge is 0.337 e. The van der Waals surface area contributed by atoms with Crippen LogP contribution in [0.5, 0.6) is 0 Å². The minimum absolute atomic E-state index is 0.0842. The van der Waals surface area contributed by atoms with Gasteiger partial charge >= 0.3 is 0 Å². The summed E-state index contributed by atoms with van der Waals surface area (Å²) >= 11 is 1.62. The van der Waals surface area contributed by atoms with Crippen LogP contribution < -0.4 is 5.73 Å². The molecule has 0 bridgehead atoms. The zero-order chi connectivity index (χ0) is 17.9. The summed E-state index contributed by atoms with van der Waals surface area (Å²) < 4.78 is 0. The number of thioether (sulfide) groups is 1. The van der Waals surface area contributed by atoms with E-state index in [2.05, 4.69) is 9.97 Å². The molecule has 1 amide bonds. The number of H-pyrrole nitrogens is 1. The number of carbonyl (C=O) groups is 1. The molecule has 0 spiro atoms. The summed E-state index contributed by atoms with van der Waals surface area (Å²) in [6.45, 7) is 1.43. The fourth-order valence-electron chi connectivity index (χ4n) is 3.36. The fraction of sp³-hybridized carbons (Fsp3) is 0.300. The molecule has 5 nitrogen and oxygen atoms in total. The predicted octanol–water partition coefficient (Wildman–Crippen LogP) is 3.42. The summed E-state index contributed by atoms with van der Waals surface area (Å²) in [7, 11) is 0. The Labute approximate surface area is 157 Å². The van der Waals surface area contributed by atoms with E-state index in [4.69, 9.17) is 5.73 Å². The van der Waals surface area contributed by atoms with Crippen molar-refractivity contribution < 1.29 is 4.79 Å². The van der Waals surface area contributed by atoms with Crippen LogP contribution in [0.4, 0.5) is 0 Å². The second-order valence-corrected chi connectivity index (χ2v) is 7.62. The van der Waals surface area contributed by atoms with Crippen LogP contribution in [-0.4, -0.2) is 39.9 Å². The SMILES string of the molecule is NC1CCCN(C(=O)c2ccccc2CSc2nc3ccccc3[nH]2)C1. The van der Waals surface area contributed by atoms with Crippen LogP contribution in [0.25, 0.3) is 11.0 Å². The Kier molecular flexibility index (Phi) is 4.95. The van der Waals surface area contributed by atoms with Crippen molar-refractivity contribution in [2.45, 2.75) is 29.8 Å². The second kappa shape index (κ2) is 7.51. The predicted molar refractivity (Wildman–Crippen MR) is 105 cm³/mol. The topological polar surface area (TPSA) is 75.0 Å². The molecule has 3 N–H and O–H groups in total. The lowest BCUT2D eigenvalue weighted by Crippen LogP contribution is -2.45. The van der Waals surface area contributed by atoms with Gasteiger partial charge in [-0.15, -0.1) is 0 Å². The number of nitrogens with one attached hydrogen (secondary N) is 1. The lowest BCUT2D eigenvalue weighted by atomic mass is 10.0. The molecule has 1 aliphatic heterocycles. The van der Waals surface area contributed by atoms with Gasteiger partial charge in [0.1, 0.15) is 0 Å². The van der Waals surface area contributed by atoms with Crippen molar-refractivity contribution in [2.24, 2.45) is 5.73 Å². The lowest BCUT2D eigenvalue weighted by Gasteiger charge is -2.31. The number of aromatic amines is 1. The number of nitrogens with zero attached hydrogens (tertiary/aromatic N) is 2. The number of carbonyl (C=O) groups excluding carboxylic acids is 1. The number of nitrogens with two attached hydrogens (primary N) is 1. The van der Waals surface area contributed by atoms with Gasteiger partial charge in [0.2, 0.25) is 0 Å². The molecule has 1 aromatic heterocycles. The van der Waals surface area contributed by atoms with Crippen molar-refractivity contribution in [2.75, 3.05) is 13.1 Å². The maximum atomic E-state index is 13.0. The Bertz CT molecular complexity index is 890. The van der Waals surface area contributed by atoms with Gasteiger partial charge < -0.3 is 15.6 Å². The third-order valence-electron chi connectivity index (χ3n) is 4.72. The maximum absolute atomic E-state index is 13.0. The average Bonchev–Trinajstić information content (AvgIpc) is 3.09. The van der Waals surface area contributed by atoms with Crippen molar-refractivity contribution >= 4 is 28.7 Å². The Morgan fingerprint density at radius 1 is 1.23 bits per heavy atom. The summed E-state index contributed by atoms with van der Waals surface area (Å²) in [5.74, 6) is 0.780. The van der Waals surface area contributed by atoms with Crippen molar-refractivity contribution in [1.29, 1.82) is 0 Å². The van der Waals surface area contributed by atoms with Crippen molar-refractivity contribution in [3.63, 3.8) is 0 Å². The fourth-order valence-corrected chi connectivity index (χ4v) is 4.25. The summed E-state index contributed by atoms with van der Waals surface area (Å²) in [6, 6.07) is 15.9. The van der Waals surface area contributed by atoms with Gasteiger partial charge in [-0.05, 0) is 36.6 Å². The molecule has 1 aliphatic rings. The first-order valence-corrected chi connectivity index (χ1v) is 9.89. The number of imidazole rings is 1. The van der Waals surface area contributed by atoms with E-state index in [1.165, 1.54) is 0 Å². The van der Waals surface area contributed by atoms with Crippen LogP contribution in [-0.2, 0) is 5.75 Å². The molecule has 0 aliphatic carbocycles. The number of likely N-dealkylation sites (tertiary alicyclic amines) is 1. The zero-order valence-electron chi connectivity index (χ0n) is 14.5. The van der Waals surface area contributed by atoms with E-state index in [1.54, 1.807) is 11.8 Å². The van der Waals surface area contributed by atoms with E-state index < -0.39 is 0 Å². The minimum Gasteiger partial charge on any atom is -0.337 e. The molecule has 4 rings (SSSR count). The summed E-state index contributed by atoms with van der Waals surface area (Å²) in [4.78, 5) is 22.8. The highest BCUT2D eigenvalue weighted by Crippen LogP contribution is 2.25. The molecule has 1 fully saturated rings. The molecular weight excluding hydrogens is 344 g/mol. The first kappa shape index (κ1) is 17.1. The first-order valence-electron chi connectivity index (χ1n) is 8.91. The highest BCUT2D eigenvalue weighted by atomic mass is 32.2. The minimum atomic E-state index is 0.0842. The average molecular weight is 366 g/mol. The van der Waals surface area contributed by atoms with Crippen LogP contribution in [0.2, 0.25) is 0 Å². The van der Waals surface area contributed by atoms with Gasteiger partial charge in [-0.25, -0.2) is 4.98 Å².